The van der Waals surface area contributed by atoms with Crippen LogP contribution in [0.5, 0.6) is 0 Å². The van der Waals surface area contributed by atoms with Crippen LogP contribution in [-0.4, -0.2) is 49.9 Å². The van der Waals surface area contributed by atoms with E-state index in [9.17, 15) is 14.3 Å². The highest BCUT2D eigenvalue weighted by Crippen LogP contribution is 2.43. The van der Waals surface area contributed by atoms with Crippen LogP contribution in [0.4, 0.5) is 0 Å². The van der Waals surface area contributed by atoms with E-state index in [0.717, 1.165) is 44.9 Å². The van der Waals surface area contributed by atoms with Gasteiger partial charge < -0.3 is 20.1 Å². The zero-order chi connectivity index (χ0) is 27.5. The van der Waals surface area contributed by atoms with E-state index in [1.165, 1.54) is 44.9 Å². The molecular formula is C28H54NO7P. The van der Waals surface area contributed by atoms with Crippen molar-refractivity contribution in [3.05, 3.63) is 24.3 Å². The molecule has 0 radical (unpaired) electrons. The Bertz CT molecular complexity index is 628. The Morgan fingerprint density at radius 3 is 2.14 bits per heavy atom. The number of phosphoric acid groups is 1. The molecule has 3 N–H and O–H groups in total. The minimum atomic E-state index is -4.24. The van der Waals surface area contributed by atoms with E-state index >= 15 is 0 Å². The molecule has 8 nitrogen and oxygen atoms in total. The van der Waals surface area contributed by atoms with E-state index in [2.05, 4.69) is 38.2 Å². The van der Waals surface area contributed by atoms with Gasteiger partial charge in [0.25, 0.3) is 0 Å². The van der Waals surface area contributed by atoms with Gasteiger partial charge in [0.05, 0.1) is 19.8 Å². The molecule has 0 aromatic heterocycles. The lowest BCUT2D eigenvalue weighted by Crippen LogP contribution is -2.28. The number of carbonyl (C=O) groups is 1. The third kappa shape index (κ3) is 26.4. The van der Waals surface area contributed by atoms with Crippen LogP contribution in [0.2, 0.25) is 0 Å². The molecule has 0 aliphatic carbocycles. The number of hydrogen-bond donors (Lipinski definition) is 2. The van der Waals surface area contributed by atoms with E-state index in [4.69, 9.17) is 24.3 Å². The van der Waals surface area contributed by atoms with Gasteiger partial charge in [-0.05, 0) is 38.5 Å². The van der Waals surface area contributed by atoms with Crippen LogP contribution in [0.1, 0.15) is 110 Å². The number of unbranched alkanes of at least 4 members (excludes halogenated alkanes) is 10. The van der Waals surface area contributed by atoms with Crippen molar-refractivity contribution >= 4 is 13.8 Å². The molecule has 0 saturated heterocycles. The van der Waals surface area contributed by atoms with Gasteiger partial charge in [0.15, 0.2) is 0 Å². The average Bonchev–Trinajstić information content (AvgIpc) is 2.88. The van der Waals surface area contributed by atoms with Crippen molar-refractivity contribution in [1.29, 1.82) is 0 Å². The molecule has 0 aromatic rings. The molecular weight excluding hydrogens is 493 g/mol. The Labute approximate surface area is 226 Å². The highest BCUT2D eigenvalue weighted by Gasteiger charge is 2.25. The van der Waals surface area contributed by atoms with Crippen LogP contribution in [0.25, 0.3) is 0 Å². The second-order valence-electron chi connectivity index (χ2n) is 9.26. The molecule has 0 saturated carbocycles. The number of allylic oxidation sites excluding steroid dienone is 4. The largest absolute Gasteiger partial charge is 0.472 e. The smallest absolute Gasteiger partial charge is 0.457 e. The third-order valence-electron chi connectivity index (χ3n) is 5.62. The summed E-state index contributed by atoms with van der Waals surface area (Å²) in [5.41, 5.74) is 5.29. The quantitative estimate of drug-likeness (QED) is 0.0488. The molecule has 9 heteroatoms. The zero-order valence-corrected chi connectivity index (χ0v) is 24.3. The number of phosphoric ester groups is 1. The third-order valence-corrected chi connectivity index (χ3v) is 6.61. The first-order chi connectivity index (χ1) is 17.9. The van der Waals surface area contributed by atoms with Crippen molar-refractivity contribution in [2.24, 2.45) is 5.73 Å². The fourth-order valence-electron chi connectivity index (χ4n) is 3.48. The molecule has 37 heavy (non-hydrogen) atoms. The van der Waals surface area contributed by atoms with Crippen LogP contribution in [0.15, 0.2) is 24.3 Å². The van der Waals surface area contributed by atoms with Gasteiger partial charge in [-0.15, -0.1) is 0 Å². The molecule has 0 spiro atoms. The van der Waals surface area contributed by atoms with E-state index in [1.807, 2.05) is 0 Å². The minimum Gasteiger partial charge on any atom is -0.457 e. The number of hydrogen-bond acceptors (Lipinski definition) is 7. The van der Waals surface area contributed by atoms with Crippen molar-refractivity contribution < 1.29 is 32.8 Å². The molecule has 0 amide bonds. The van der Waals surface area contributed by atoms with Crippen molar-refractivity contribution in [2.75, 3.05) is 33.0 Å². The molecule has 0 bridgehead atoms. The monoisotopic (exact) mass is 547 g/mol. The van der Waals surface area contributed by atoms with Crippen LogP contribution >= 0.6 is 7.82 Å². The topological polar surface area (TPSA) is 117 Å². The molecule has 0 heterocycles. The molecule has 2 unspecified atom stereocenters. The van der Waals surface area contributed by atoms with Crippen LogP contribution < -0.4 is 5.73 Å². The summed E-state index contributed by atoms with van der Waals surface area (Å²) >= 11 is 0. The number of esters is 1. The van der Waals surface area contributed by atoms with E-state index < -0.39 is 13.9 Å². The predicted octanol–water partition coefficient (Wildman–Crippen LogP) is 7.01. The Kier molecular flexibility index (Phi) is 25.8. The summed E-state index contributed by atoms with van der Waals surface area (Å²) in [6, 6.07) is 0. The van der Waals surface area contributed by atoms with Crippen LogP contribution in [0, 0.1) is 0 Å². The second kappa shape index (κ2) is 26.6. The van der Waals surface area contributed by atoms with Gasteiger partial charge >= 0.3 is 13.8 Å². The Morgan fingerprint density at radius 1 is 0.811 bits per heavy atom. The van der Waals surface area contributed by atoms with Crippen molar-refractivity contribution in [2.45, 2.75) is 116 Å². The van der Waals surface area contributed by atoms with Crippen LogP contribution in [-0.2, 0) is 27.9 Å². The number of carbonyl (C=O) groups excluding carboxylic acids is 1. The van der Waals surface area contributed by atoms with Crippen molar-refractivity contribution in [3.63, 3.8) is 0 Å². The lowest BCUT2D eigenvalue weighted by molar-refractivity contribution is -0.154. The first kappa shape index (κ1) is 36.0. The second-order valence-corrected chi connectivity index (χ2v) is 10.7. The summed E-state index contributed by atoms with van der Waals surface area (Å²) in [6.07, 6.45) is 24.0. The number of ether oxygens (including phenoxy) is 2. The summed E-state index contributed by atoms with van der Waals surface area (Å²) in [4.78, 5) is 21.8. The molecule has 0 aromatic carbocycles. The number of rotatable bonds is 27. The maximum absolute atomic E-state index is 12.1. The zero-order valence-electron chi connectivity index (χ0n) is 23.5. The molecule has 0 aliphatic heterocycles. The molecule has 2 atom stereocenters. The first-order valence-electron chi connectivity index (χ1n) is 14.3. The Balaban J connectivity index is 3.99. The van der Waals surface area contributed by atoms with Gasteiger partial charge in [-0.25, -0.2) is 4.57 Å². The lowest BCUT2D eigenvalue weighted by Gasteiger charge is -2.20. The van der Waals surface area contributed by atoms with E-state index in [0.29, 0.717) is 13.0 Å². The fraction of sp³-hybridized carbons (Fsp3) is 0.821. The van der Waals surface area contributed by atoms with Gasteiger partial charge in [0, 0.05) is 19.6 Å². The van der Waals surface area contributed by atoms with Gasteiger partial charge in [0.1, 0.15) is 6.10 Å². The van der Waals surface area contributed by atoms with Crippen molar-refractivity contribution in [1.82, 2.24) is 0 Å². The van der Waals surface area contributed by atoms with Crippen LogP contribution in [0.3, 0.4) is 0 Å². The summed E-state index contributed by atoms with van der Waals surface area (Å²) in [5, 5.41) is 0. The average molecular weight is 548 g/mol. The SMILES string of the molecule is CCCC/C=C\C/C=C\CCCCCCCCOCC(COP(=O)(O)OCCN)OC(=O)CCCCC. The predicted molar refractivity (Wildman–Crippen MR) is 150 cm³/mol. The molecule has 0 fully saturated rings. The van der Waals surface area contributed by atoms with E-state index in [-0.39, 0.29) is 32.3 Å². The summed E-state index contributed by atoms with van der Waals surface area (Å²) < 4.78 is 32.7. The Morgan fingerprint density at radius 2 is 1.46 bits per heavy atom. The lowest BCUT2D eigenvalue weighted by atomic mass is 10.1. The summed E-state index contributed by atoms with van der Waals surface area (Å²) in [6.45, 7) is 4.65. The van der Waals surface area contributed by atoms with Gasteiger partial charge in [-0.1, -0.05) is 89.5 Å². The van der Waals surface area contributed by atoms with E-state index in [1.54, 1.807) is 0 Å². The minimum absolute atomic E-state index is 0.0980. The molecule has 218 valence electrons. The Hall–Kier alpha value is -1.02. The summed E-state index contributed by atoms with van der Waals surface area (Å²) in [7, 11) is -4.24. The summed E-state index contributed by atoms with van der Waals surface area (Å²) in [5.74, 6) is -0.361. The molecule has 0 rings (SSSR count). The maximum Gasteiger partial charge on any atom is 0.472 e. The maximum atomic E-state index is 12.1. The van der Waals surface area contributed by atoms with Gasteiger partial charge in [-0.2, -0.15) is 0 Å². The first-order valence-corrected chi connectivity index (χ1v) is 15.8. The fourth-order valence-corrected chi connectivity index (χ4v) is 4.25. The normalized spacial score (nSPS) is 14.4. The van der Waals surface area contributed by atoms with Crippen molar-refractivity contribution in [3.8, 4) is 0 Å². The highest BCUT2D eigenvalue weighted by atomic mass is 31.2. The van der Waals surface area contributed by atoms with Gasteiger partial charge in [-0.3, -0.25) is 13.8 Å². The standard InChI is InChI=1S/C28H54NO7P/c1-3-5-7-8-9-10-11-12-13-14-15-16-17-18-20-23-33-25-27(36-28(30)21-19-6-4-2)26-35-37(31,32)34-24-22-29/h8-9,11-12,27H,3-7,10,13-26,29H2,1-2H3,(H,31,32)/b9-8-,12-11-. The molecule has 0 aliphatic rings. The number of nitrogens with two attached hydrogens (primary N) is 1. The van der Waals surface area contributed by atoms with Gasteiger partial charge in [0.2, 0.25) is 0 Å². The highest BCUT2D eigenvalue weighted by molar-refractivity contribution is 7.47.